The summed E-state index contributed by atoms with van der Waals surface area (Å²) in [5.74, 6) is 0.524. The van der Waals surface area contributed by atoms with Gasteiger partial charge in [-0.3, -0.25) is 4.90 Å². The molecule has 3 aromatic heterocycles. The van der Waals surface area contributed by atoms with Crippen LogP contribution in [0.2, 0.25) is 0 Å². The van der Waals surface area contributed by atoms with E-state index in [0.717, 1.165) is 15.1 Å². The van der Waals surface area contributed by atoms with Crippen molar-refractivity contribution in [1.29, 1.82) is 0 Å². The van der Waals surface area contributed by atoms with Gasteiger partial charge in [-0.05, 0) is 52.3 Å². The number of carbonyl (C=O) groups excluding carboxylic acids is 1. The summed E-state index contributed by atoms with van der Waals surface area (Å²) in [6, 6.07) is 3.25. The van der Waals surface area contributed by atoms with E-state index in [9.17, 15) is 14.7 Å². The number of amides is 2. The summed E-state index contributed by atoms with van der Waals surface area (Å²) < 4.78 is 11.3. The average Bonchev–Trinajstić information content (AvgIpc) is 3.26. The number of aromatic nitrogens is 2. The van der Waals surface area contributed by atoms with Crippen LogP contribution in [0.1, 0.15) is 43.9 Å². The Morgan fingerprint density at radius 1 is 1.39 bits per heavy atom. The summed E-state index contributed by atoms with van der Waals surface area (Å²) in [5, 5.41) is 20.9. The summed E-state index contributed by atoms with van der Waals surface area (Å²) >= 11 is 1.45. The summed E-state index contributed by atoms with van der Waals surface area (Å²) in [5.41, 5.74) is 1.43. The molecule has 0 saturated heterocycles. The number of thiophene rings is 1. The Labute approximate surface area is 184 Å². The van der Waals surface area contributed by atoms with Crippen LogP contribution in [0.4, 0.5) is 15.3 Å². The van der Waals surface area contributed by atoms with Gasteiger partial charge in [-0.25, -0.2) is 9.59 Å². The lowest BCUT2D eigenvalue weighted by atomic mass is 10.1. The fourth-order valence-corrected chi connectivity index (χ4v) is 4.47. The molecule has 166 valence electrons. The van der Waals surface area contributed by atoms with Crippen LogP contribution in [-0.2, 0) is 17.7 Å². The highest BCUT2D eigenvalue weighted by Gasteiger charge is 2.24. The molecule has 0 unspecified atom stereocenters. The van der Waals surface area contributed by atoms with Gasteiger partial charge in [0, 0.05) is 17.3 Å². The zero-order valence-corrected chi connectivity index (χ0v) is 18.9. The van der Waals surface area contributed by atoms with Crippen molar-refractivity contribution in [2.24, 2.45) is 0 Å². The molecule has 0 radical (unpaired) electrons. The van der Waals surface area contributed by atoms with Crippen LogP contribution in [0, 0.1) is 6.92 Å². The molecular weight excluding hydrogens is 420 g/mol. The molecule has 0 aliphatic carbocycles. The maximum absolute atomic E-state index is 12.1. The Morgan fingerprint density at radius 2 is 2.13 bits per heavy atom. The number of ether oxygens (including phenoxy) is 1. The fraction of sp³-hybridized carbons (Fsp3) is 0.429. The molecule has 10 heteroatoms. The second-order valence-corrected chi connectivity index (χ2v) is 9.36. The molecule has 3 heterocycles. The van der Waals surface area contributed by atoms with Crippen LogP contribution in [0.15, 0.2) is 29.0 Å². The van der Waals surface area contributed by atoms with E-state index in [-0.39, 0.29) is 12.6 Å². The number of aryl methyl sites for hydroxylation is 1. The standard InChI is InChI=1S/C21H26N4O5S/c1-12(23-19(26)30-21(3,4)5)9-16-13(2)17-18(31-16)15(10-22-24-17)25(20(27)28)11-14-7-6-8-29-14/h6-8,10,12H,9,11H2,1-5H3,(H,23,26)(H,27,28)/t12-/m0/s1. The first-order valence-corrected chi connectivity index (χ1v) is 10.6. The number of rotatable bonds is 6. The van der Waals surface area contributed by atoms with Crippen LogP contribution < -0.4 is 10.2 Å². The molecule has 0 spiro atoms. The Bertz CT molecular complexity index is 1070. The third-order valence-electron chi connectivity index (χ3n) is 4.45. The van der Waals surface area contributed by atoms with Crippen molar-refractivity contribution < 1.29 is 23.8 Å². The van der Waals surface area contributed by atoms with Crippen molar-refractivity contribution in [3.8, 4) is 0 Å². The van der Waals surface area contributed by atoms with Crippen LogP contribution in [0.3, 0.4) is 0 Å². The van der Waals surface area contributed by atoms with E-state index in [1.165, 1.54) is 28.7 Å². The normalized spacial score (nSPS) is 12.5. The molecule has 2 amide bonds. The van der Waals surface area contributed by atoms with E-state index in [2.05, 4.69) is 15.5 Å². The van der Waals surface area contributed by atoms with Gasteiger partial charge >= 0.3 is 12.2 Å². The zero-order valence-electron chi connectivity index (χ0n) is 18.1. The topological polar surface area (TPSA) is 118 Å². The first-order valence-electron chi connectivity index (χ1n) is 9.81. The number of carbonyl (C=O) groups is 2. The van der Waals surface area contributed by atoms with Gasteiger partial charge in [0.15, 0.2) is 0 Å². The molecule has 1 atom stereocenters. The van der Waals surface area contributed by atoms with Crippen LogP contribution in [0.5, 0.6) is 0 Å². The number of nitrogens with one attached hydrogen (secondary N) is 1. The number of alkyl carbamates (subject to hydrolysis) is 1. The second kappa shape index (κ2) is 8.93. The van der Waals surface area contributed by atoms with Crippen molar-refractivity contribution in [2.45, 2.75) is 59.2 Å². The highest BCUT2D eigenvalue weighted by atomic mass is 32.1. The quantitative estimate of drug-likeness (QED) is 0.562. The molecule has 31 heavy (non-hydrogen) atoms. The molecule has 0 bridgehead atoms. The molecule has 0 aliphatic rings. The predicted molar refractivity (Wildman–Crippen MR) is 118 cm³/mol. The highest BCUT2D eigenvalue weighted by molar-refractivity contribution is 7.19. The van der Waals surface area contributed by atoms with E-state index >= 15 is 0 Å². The van der Waals surface area contributed by atoms with E-state index in [1.807, 2.05) is 34.6 Å². The summed E-state index contributed by atoms with van der Waals surface area (Å²) in [7, 11) is 0. The van der Waals surface area contributed by atoms with Gasteiger partial charge in [0.25, 0.3) is 0 Å². The molecular formula is C21H26N4O5S. The lowest BCUT2D eigenvalue weighted by molar-refractivity contribution is 0.0508. The third-order valence-corrected chi connectivity index (χ3v) is 5.78. The smallest absolute Gasteiger partial charge is 0.412 e. The number of furan rings is 1. The van der Waals surface area contributed by atoms with Crippen molar-refractivity contribution in [3.05, 3.63) is 40.8 Å². The third kappa shape index (κ3) is 5.52. The fourth-order valence-electron chi connectivity index (χ4n) is 3.08. The molecule has 0 aromatic carbocycles. The number of anilines is 1. The maximum atomic E-state index is 12.1. The van der Waals surface area contributed by atoms with Crippen LogP contribution in [-0.4, -0.2) is 39.1 Å². The molecule has 0 fully saturated rings. The zero-order chi connectivity index (χ0) is 22.8. The maximum Gasteiger partial charge on any atom is 0.412 e. The Balaban J connectivity index is 1.86. The molecule has 3 rings (SSSR count). The Hall–Kier alpha value is -3.14. The minimum atomic E-state index is -1.11. The predicted octanol–water partition coefficient (Wildman–Crippen LogP) is 4.73. The Kier molecular flexibility index (Phi) is 6.49. The van der Waals surface area contributed by atoms with Gasteiger partial charge in [0.05, 0.1) is 29.4 Å². The monoisotopic (exact) mass is 446 g/mol. The van der Waals surface area contributed by atoms with Gasteiger partial charge in [-0.15, -0.1) is 16.4 Å². The summed E-state index contributed by atoms with van der Waals surface area (Å²) in [4.78, 5) is 26.2. The van der Waals surface area contributed by atoms with Crippen LogP contribution >= 0.6 is 11.3 Å². The first kappa shape index (κ1) is 22.5. The molecule has 9 nitrogen and oxygen atoms in total. The number of nitrogens with zero attached hydrogens (tertiary/aromatic N) is 3. The minimum absolute atomic E-state index is 0.0615. The lowest BCUT2D eigenvalue weighted by Gasteiger charge is -2.21. The summed E-state index contributed by atoms with van der Waals surface area (Å²) in [6.07, 6.45) is 1.91. The molecule has 0 saturated carbocycles. The largest absolute Gasteiger partial charge is 0.467 e. The Morgan fingerprint density at radius 3 is 2.74 bits per heavy atom. The number of hydrogen-bond donors (Lipinski definition) is 2. The van der Waals surface area contributed by atoms with E-state index < -0.39 is 17.8 Å². The van der Waals surface area contributed by atoms with E-state index in [0.29, 0.717) is 23.4 Å². The van der Waals surface area contributed by atoms with Gasteiger partial charge in [-0.1, -0.05) is 0 Å². The molecule has 0 aliphatic heterocycles. The van der Waals surface area contributed by atoms with Gasteiger partial charge in [0.2, 0.25) is 0 Å². The second-order valence-electron chi connectivity index (χ2n) is 8.26. The van der Waals surface area contributed by atoms with Crippen LogP contribution in [0.25, 0.3) is 10.2 Å². The summed E-state index contributed by atoms with van der Waals surface area (Å²) in [6.45, 7) is 9.30. The van der Waals surface area contributed by atoms with Crippen molar-refractivity contribution in [3.63, 3.8) is 0 Å². The number of carboxylic acid groups (broad SMARTS) is 1. The molecule has 3 aromatic rings. The average molecular weight is 447 g/mol. The van der Waals surface area contributed by atoms with Gasteiger partial charge < -0.3 is 19.6 Å². The first-order chi connectivity index (χ1) is 14.5. The lowest BCUT2D eigenvalue weighted by Crippen LogP contribution is -2.38. The van der Waals surface area contributed by atoms with Gasteiger partial charge in [-0.2, -0.15) is 5.10 Å². The van der Waals surface area contributed by atoms with E-state index in [1.54, 1.807) is 12.1 Å². The molecule has 2 N–H and O–H groups in total. The minimum Gasteiger partial charge on any atom is -0.467 e. The number of fused-ring (bicyclic) bond motifs is 1. The van der Waals surface area contributed by atoms with Crippen molar-refractivity contribution in [2.75, 3.05) is 4.90 Å². The van der Waals surface area contributed by atoms with Crippen molar-refractivity contribution in [1.82, 2.24) is 15.5 Å². The SMILES string of the molecule is Cc1c(C[C@H](C)NC(=O)OC(C)(C)C)sc2c(N(Cc3ccco3)C(=O)O)cnnc12. The van der Waals surface area contributed by atoms with Crippen molar-refractivity contribution >= 4 is 39.4 Å². The number of hydrogen-bond acceptors (Lipinski definition) is 7. The highest BCUT2D eigenvalue weighted by Crippen LogP contribution is 2.37. The van der Waals surface area contributed by atoms with E-state index in [4.69, 9.17) is 9.15 Å². The van der Waals surface area contributed by atoms with Gasteiger partial charge in [0.1, 0.15) is 16.9 Å².